The third kappa shape index (κ3) is 5.19. The number of ether oxygens (including phenoxy) is 1. The van der Waals surface area contributed by atoms with Crippen LogP contribution in [0.2, 0.25) is 0 Å². The molecule has 0 aliphatic heterocycles. The van der Waals surface area contributed by atoms with Crippen LogP contribution in [-0.2, 0) is 23.8 Å². The van der Waals surface area contributed by atoms with Crippen LogP contribution in [0.4, 0.5) is 0 Å². The van der Waals surface area contributed by atoms with Crippen LogP contribution in [-0.4, -0.2) is 23.1 Å². The van der Waals surface area contributed by atoms with Crippen LogP contribution in [0.1, 0.15) is 25.0 Å². The van der Waals surface area contributed by atoms with Gasteiger partial charge < -0.3 is 10.1 Å². The highest BCUT2D eigenvalue weighted by atomic mass is 32.2. The van der Waals surface area contributed by atoms with Crippen LogP contribution >= 0.6 is 0 Å². The molecule has 0 fully saturated rings. The lowest BCUT2D eigenvalue weighted by Gasteiger charge is -2.27. The highest BCUT2D eigenvalue weighted by Gasteiger charge is 2.19. The van der Waals surface area contributed by atoms with Gasteiger partial charge in [0, 0.05) is 34.0 Å². The Kier molecular flexibility index (Phi) is 5.97. The van der Waals surface area contributed by atoms with Gasteiger partial charge in [-0.05, 0) is 49.6 Å². The van der Waals surface area contributed by atoms with Gasteiger partial charge in [-0.3, -0.25) is 4.21 Å². The Labute approximate surface area is 141 Å². The summed E-state index contributed by atoms with van der Waals surface area (Å²) in [6.45, 7) is 5.16. The van der Waals surface area contributed by atoms with Crippen molar-refractivity contribution in [3.8, 4) is 5.75 Å². The molecule has 0 aromatic heterocycles. The predicted molar refractivity (Wildman–Crippen MR) is 96.4 cm³/mol. The second kappa shape index (κ2) is 7.75. The van der Waals surface area contributed by atoms with E-state index in [1.54, 1.807) is 13.4 Å². The summed E-state index contributed by atoms with van der Waals surface area (Å²) in [5, 5.41) is 3.59. The minimum atomic E-state index is -0.923. The topological polar surface area (TPSA) is 38.3 Å². The maximum Gasteiger partial charge on any atom is 0.122 e. The zero-order valence-electron chi connectivity index (χ0n) is 14.3. The van der Waals surface area contributed by atoms with E-state index >= 15 is 0 Å². The number of methoxy groups -OCH3 is 1. The van der Waals surface area contributed by atoms with Gasteiger partial charge in [0.25, 0.3) is 0 Å². The summed E-state index contributed by atoms with van der Waals surface area (Å²) in [7, 11) is 0.784. The van der Waals surface area contributed by atoms with E-state index in [4.69, 9.17) is 4.74 Å². The Bertz CT molecular complexity index is 665. The molecule has 0 aliphatic rings. The minimum Gasteiger partial charge on any atom is -0.496 e. The molecule has 2 rings (SSSR count). The summed E-state index contributed by atoms with van der Waals surface area (Å²) in [5.74, 6) is 0.928. The van der Waals surface area contributed by atoms with Gasteiger partial charge in [0.2, 0.25) is 0 Å². The Balaban J connectivity index is 1.99. The molecular weight excluding hydrogens is 306 g/mol. The standard InChI is InChI=1S/C19H25NO2S/c1-19(2,13-16-7-5-6-8-18(16)22-3)20-14-15-9-11-17(12-10-15)23(4)21/h5-12,20H,13-14H2,1-4H3/t23-/m1/s1. The molecule has 2 aromatic carbocycles. The predicted octanol–water partition coefficient (Wildman–Crippen LogP) is 3.54. The van der Waals surface area contributed by atoms with Gasteiger partial charge in [0.1, 0.15) is 5.75 Å². The molecule has 124 valence electrons. The SMILES string of the molecule is COc1ccccc1CC(C)(C)NCc1ccc([S@@](C)=O)cc1. The van der Waals surface area contributed by atoms with E-state index in [9.17, 15) is 4.21 Å². The molecule has 1 atom stereocenters. The normalized spacial score (nSPS) is 12.9. The Hall–Kier alpha value is -1.65. The van der Waals surface area contributed by atoms with Crippen molar-refractivity contribution in [2.45, 2.75) is 37.2 Å². The quantitative estimate of drug-likeness (QED) is 0.843. The lowest BCUT2D eigenvalue weighted by molar-refractivity contribution is 0.367. The molecule has 0 bridgehead atoms. The lowest BCUT2D eigenvalue weighted by Crippen LogP contribution is -2.40. The fourth-order valence-corrected chi connectivity index (χ4v) is 3.05. The van der Waals surface area contributed by atoms with Crippen LogP contribution in [0, 0.1) is 0 Å². The van der Waals surface area contributed by atoms with E-state index in [1.165, 1.54) is 11.1 Å². The maximum atomic E-state index is 11.4. The van der Waals surface area contributed by atoms with Crippen molar-refractivity contribution in [2.24, 2.45) is 0 Å². The number of hydrogen-bond donors (Lipinski definition) is 1. The number of benzene rings is 2. The average Bonchev–Trinajstić information content (AvgIpc) is 2.53. The molecule has 0 spiro atoms. The Morgan fingerprint density at radius 2 is 1.74 bits per heavy atom. The average molecular weight is 331 g/mol. The van der Waals surface area contributed by atoms with E-state index in [2.05, 4.69) is 25.2 Å². The van der Waals surface area contributed by atoms with Gasteiger partial charge in [0.15, 0.2) is 0 Å². The smallest absolute Gasteiger partial charge is 0.122 e. The van der Waals surface area contributed by atoms with Crippen LogP contribution in [0.25, 0.3) is 0 Å². The fraction of sp³-hybridized carbons (Fsp3) is 0.368. The van der Waals surface area contributed by atoms with Crippen molar-refractivity contribution in [1.29, 1.82) is 0 Å². The summed E-state index contributed by atoms with van der Waals surface area (Å²) in [5.41, 5.74) is 2.33. The van der Waals surface area contributed by atoms with E-state index in [1.807, 2.05) is 42.5 Å². The monoisotopic (exact) mass is 331 g/mol. The fourth-order valence-electron chi connectivity index (χ4n) is 2.53. The zero-order chi connectivity index (χ0) is 16.9. The highest BCUT2D eigenvalue weighted by molar-refractivity contribution is 7.84. The van der Waals surface area contributed by atoms with Crippen molar-refractivity contribution in [2.75, 3.05) is 13.4 Å². The third-order valence-corrected chi connectivity index (χ3v) is 4.79. The number of hydrogen-bond acceptors (Lipinski definition) is 3. The first-order chi connectivity index (χ1) is 10.9. The largest absolute Gasteiger partial charge is 0.496 e. The maximum absolute atomic E-state index is 11.4. The molecule has 4 heteroatoms. The molecule has 0 aliphatic carbocycles. The summed E-state index contributed by atoms with van der Waals surface area (Å²) < 4.78 is 16.9. The summed E-state index contributed by atoms with van der Waals surface area (Å²) in [6, 6.07) is 16.1. The second-order valence-corrected chi connectivity index (χ2v) is 7.70. The lowest BCUT2D eigenvalue weighted by atomic mass is 9.94. The molecule has 0 heterocycles. The molecule has 0 unspecified atom stereocenters. The highest BCUT2D eigenvalue weighted by Crippen LogP contribution is 2.23. The molecule has 0 radical (unpaired) electrons. The van der Waals surface area contributed by atoms with Crippen molar-refractivity contribution in [3.63, 3.8) is 0 Å². The van der Waals surface area contributed by atoms with Gasteiger partial charge in [-0.1, -0.05) is 30.3 Å². The molecule has 0 amide bonds. The van der Waals surface area contributed by atoms with Gasteiger partial charge in [-0.2, -0.15) is 0 Å². The first kappa shape index (κ1) is 17.7. The van der Waals surface area contributed by atoms with Crippen molar-refractivity contribution < 1.29 is 8.95 Å². The Morgan fingerprint density at radius 1 is 1.09 bits per heavy atom. The van der Waals surface area contributed by atoms with Crippen molar-refractivity contribution in [3.05, 3.63) is 59.7 Å². The first-order valence-electron chi connectivity index (χ1n) is 7.70. The third-order valence-electron chi connectivity index (χ3n) is 3.85. The van der Waals surface area contributed by atoms with E-state index < -0.39 is 10.8 Å². The number of rotatable bonds is 7. The van der Waals surface area contributed by atoms with Gasteiger partial charge >= 0.3 is 0 Å². The summed E-state index contributed by atoms with van der Waals surface area (Å²) in [6.07, 6.45) is 2.58. The number of nitrogens with one attached hydrogen (secondary N) is 1. The number of para-hydroxylation sites is 1. The van der Waals surface area contributed by atoms with Crippen LogP contribution in [0.3, 0.4) is 0 Å². The van der Waals surface area contributed by atoms with Crippen molar-refractivity contribution in [1.82, 2.24) is 5.32 Å². The van der Waals surface area contributed by atoms with Crippen molar-refractivity contribution >= 4 is 10.8 Å². The Morgan fingerprint density at radius 3 is 2.35 bits per heavy atom. The second-order valence-electron chi connectivity index (χ2n) is 6.32. The van der Waals surface area contributed by atoms with Crippen LogP contribution in [0.5, 0.6) is 5.75 Å². The molecule has 1 N–H and O–H groups in total. The molecule has 23 heavy (non-hydrogen) atoms. The van der Waals surface area contributed by atoms with Crippen LogP contribution in [0.15, 0.2) is 53.4 Å². The molecule has 3 nitrogen and oxygen atoms in total. The van der Waals surface area contributed by atoms with Crippen LogP contribution < -0.4 is 10.1 Å². The molecule has 0 saturated carbocycles. The molecular formula is C19H25NO2S. The van der Waals surface area contributed by atoms with Gasteiger partial charge in [-0.25, -0.2) is 0 Å². The minimum absolute atomic E-state index is 0.0547. The molecule has 0 saturated heterocycles. The van der Waals surface area contributed by atoms with E-state index in [0.29, 0.717) is 0 Å². The summed E-state index contributed by atoms with van der Waals surface area (Å²) in [4.78, 5) is 0.863. The summed E-state index contributed by atoms with van der Waals surface area (Å²) >= 11 is 0. The first-order valence-corrected chi connectivity index (χ1v) is 9.26. The zero-order valence-corrected chi connectivity index (χ0v) is 15.1. The van der Waals surface area contributed by atoms with E-state index in [0.717, 1.165) is 23.6 Å². The van der Waals surface area contributed by atoms with Gasteiger partial charge in [0.05, 0.1) is 7.11 Å². The van der Waals surface area contributed by atoms with E-state index in [-0.39, 0.29) is 5.54 Å². The molecule has 2 aromatic rings. The van der Waals surface area contributed by atoms with Gasteiger partial charge in [-0.15, -0.1) is 0 Å².